The first-order valence-corrected chi connectivity index (χ1v) is 55.1. The van der Waals surface area contributed by atoms with Crippen molar-refractivity contribution in [2.24, 2.45) is 23.7 Å². The van der Waals surface area contributed by atoms with Crippen LogP contribution in [0.25, 0.3) is 33.4 Å². The Labute approximate surface area is 842 Å². The van der Waals surface area contributed by atoms with Gasteiger partial charge in [0.25, 0.3) is 0 Å². The zero-order valence-corrected chi connectivity index (χ0v) is 88.8. The van der Waals surface area contributed by atoms with Gasteiger partial charge >= 0.3 is 0 Å². The summed E-state index contributed by atoms with van der Waals surface area (Å²) in [4.78, 5) is 0. The van der Waals surface area contributed by atoms with E-state index in [4.69, 9.17) is 0 Å². The summed E-state index contributed by atoms with van der Waals surface area (Å²) in [5, 5.41) is 3.98. The Morgan fingerprint density at radius 3 is 0.957 bits per heavy atom. The third-order valence-corrected chi connectivity index (χ3v) is 34.2. The fourth-order valence-electron chi connectivity index (χ4n) is 26.9. The summed E-state index contributed by atoms with van der Waals surface area (Å²) in [5.74, 6) is 3.24. The second-order valence-electron chi connectivity index (χ2n) is 44.4. The third-order valence-electron chi connectivity index (χ3n) is 34.2. The predicted molar refractivity (Wildman–Crippen MR) is 600 cm³/mol. The molecule has 1 heteroatoms. The maximum absolute atomic E-state index is 3.98. The lowest BCUT2D eigenvalue weighted by molar-refractivity contribution is 0.137. The summed E-state index contributed by atoms with van der Waals surface area (Å²) in [7, 11) is 0. The molecule has 1 N–H and O–H groups in total. The van der Waals surface area contributed by atoms with E-state index in [2.05, 4.69) is 409 Å². The second-order valence-corrected chi connectivity index (χ2v) is 44.4. The number of hydrogen-bond acceptors (Lipinski definition) is 1. The normalized spacial score (nSPS) is 17.0. The maximum Gasteiger partial charge on any atom is 0.0713 e. The molecule has 8 aliphatic rings. The zero-order valence-electron chi connectivity index (χ0n) is 88.8. The first-order valence-electron chi connectivity index (χ1n) is 55.1. The van der Waals surface area contributed by atoms with Crippen LogP contribution in [0.3, 0.4) is 0 Å². The minimum absolute atomic E-state index is 0.0391. The van der Waals surface area contributed by atoms with Crippen molar-refractivity contribution >= 4 is 0 Å². The number of nitrogens with one attached hydrogen (secondary N) is 1. The summed E-state index contributed by atoms with van der Waals surface area (Å²) in [5.41, 5.74) is 48.6. The number of fused-ring (bicyclic) bond motifs is 10. The molecule has 0 spiro atoms. The third kappa shape index (κ3) is 21.0. The number of benzene rings is 12. The Hall–Kier alpha value is -10.4. The van der Waals surface area contributed by atoms with Crippen molar-refractivity contribution in [3.8, 4) is 33.4 Å². The van der Waals surface area contributed by atoms with Gasteiger partial charge in [0.2, 0.25) is 0 Å². The average molecular weight is 1840 g/mol. The molecule has 0 bridgehead atoms. The summed E-state index contributed by atoms with van der Waals surface area (Å²) in [6, 6.07) is 102. The average Bonchev–Trinajstić information content (AvgIpc) is 1.55. The van der Waals surface area contributed by atoms with Crippen LogP contribution in [0.5, 0.6) is 0 Å². The van der Waals surface area contributed by atoms with Gasteiger partial charge in [-0.2, -0.15) is 0 Å². The monoisotopic (exact) mass is 1840 g/mol. The van der Waals surface area contributed by atoms with E-state index in [1.165, 1.54) is 326 Å². The van der Waals surface area contributed by atoms with Crippen molar-refractivity contribution in [2.75, 3.05) is 6.54 Å². The first kappa shape index (κ1) is 102. The van der Waals surface area contributed by atoms with Gasteiger partial charge in [-0.25, -0.2) is 0 Å². The van der Waals surface area contributed by atoms with E-state index < -0.39 is 0 Å². The molecule has 12 aromatic carbocycles. The molecule has 20 rings (SSSR count). The highest BCUT2D eigenvalue weighted by Crippen LogP contribution is 2.64. The lowest BCUT2D eigenvalue weighted by atomic mass is 9.54. The van der Waals surface area contributed by atoms with Gasteiger partial charge in [0.15, 0.2) is 0 Å². The number of aryl methyl sites for hydroxylation is 10. The molecular weight excluding hydrogens is 1670 g/mol. The minimum Gasteiger partial charge on any atom is -0.304 e. The van der Waals surface area contributed by atoms with E-state index in [-0.39, 0.29) is 27.2 Å². The van der Waals surface area contributed by atoms with Crippen molar-refractivity contribution < 1.29 is 0 Å². The Balaban J connectivity index is 0.000000126. The van der Waals surface area contributed by atoms with Crippen LogP contribution in [0, 0.1) is 92.9 Å². The Morgan fingerprint density at radius 1 is 0.295 bits per heavy atom. The molecule has 0 aromatic heterocycles. The second kappa shape index (κ2) is 45.6. The summed E-state index contributed by atoms with van der Waals surface area (Å²) >= 11 is 0. The van der Waals surface area contributed by atoms with Crippen molar-refractivity contribution in [3.05, 3.63) is 435 Å². The van der Waals surface area contributed by atoms with Crippen LogP contribution in [-0.2, 0) is 21.7 Å². The van der Waals surface area contributed by atoms with Gasteiger partial charge in [-0.3, -0.25) is 0 Å². The van der Waals surface area contributed by atoms with Crippen molar-refractivity contribution in [2.45, 2.75) is 344 Å². The van der Waals surface area contributed by atoms with Crippen LogP contribution in [0.2, 0.25) is 0 Å². The highest BCUT2D eigenvalue weighted by Gasteiger charge is 2.55. The van der Waals surface area contributed by atoms with Gasteiger partial charge in [-0.05, 0) is 313 Å². The molecular formula is C138H167N. The molecule has 8 aliphatic carbocycles. The van der Waals surface area contributed by atoms with E-state index in [1.54, 1.807) is 55.7 Å². The SMILES string of the molecule is CCCCC(CC)CC(CC(CC)CCCC)(c1ccccc1)c1ccccc1.CCCCCCCCNC1(C)C2=C(CCC(C)=C2)C2=C1C=C(C)CC2.Cc1ccc(C2(c3ccc(C)cc3)c3cc(C)ccc3-c3ccc(C)cc32)cc1.Cc1ccc2c(c1)C(C1CCCCC1)(C1CCCCC1)c1cc(C)ccc1-2.Cc1cccc(C2(c3cccc(C)c3)c3cc(C)ccc3-c3ccc(C)cc32)c1. The highest BCUT2D eigenvalue weighted by atomic mass is 15.0. The van der Waals surface area contributed by atoms with E-state index >= 15 is 0 Å². The lowest BCUT2D eigenvalue weighted by Crippen LogP contribution is -2.45. The molecule has 139 heavy (non-hydrogen) atoms. The van der Waals surface area contributed by atoms with Crippen LogP contribution in [-0.4, -0.2) is 12.1 Å². The molecule has 2 unspecified atom stereocenters. The largest absolute Gasteiger partial charge is 0.304 e. The topological polar surface area (TPSA) is 12.0 Å². The minimum atomic E-state index is -0.291. The van der Waals surface area contributed by atoms with Gasteiger partial charge in [0.05, 0.1) is 16.4 Å². The van der Waals surface area contributed by atoms with Crippen LogP contribution in [0.1, 0.15) is 370 Å². The Bertz CT molecular complexity index is 5940. The van der Waals surface area contributed by atoms with Crippen molar-refractivity contribution in [1.29, 1.82) is 0 Å². The molecule has 12 aromatic rings. The Morgan fingerprint density at radius 2 is 0.612 bits per heavy atom. The smallest absolute Gasteiger partial charge is 0.0713 e. The first-order chi connectivity index (χ1) is 67.5. The van der Waals surface area contributed by atoms with Gasteiger partial charge in [0, 0.05) is 10.8 Å². The van der Waals surface area contributed by atoms with Crippen LogP contribution in [0.4, 0.5) is 0 Å². The molecule has 2 atom stereocenters. The zero-order chi connectivity index (χ0) is 97.6. The van der Waals surface area contributed by atoms with E-state index in [1.807, 2.05) is 0 Å². The molecule has 2 fully saturated rings. The van der Waals surface area contributed by atoms with Crippen LogP contribution < -0.4 is 5.32 Å². The number of rotatable bonds is 28. The summed E-state index contributed by atoms with van der Waals surface area (Å²) < 4.78 is 0. The maximum atomic E-state index is 3.98. The fraction of sp³-hybridized carbons (Fsp3) is 0.420. The fourth-order valence-corrected chi connectivity index (χ4v) is 26.9. The number of unbranched alkanes of at least 4 members (excludes halogenated alkanes) is 7. The molecule has 0 saturated heterocycles. The lowest BCUT2D eigenvalue weighted by Gasteiger charge is -2.49. The van der Waals surface area contributed by atoms with Crippen LogP contribution >= 0.6 is 0 Å². The van der Waals surface area contributed by atoms with Gasteiger partial charge in [0.1, 0.15) is 0 Å². The van der Waals surface area contributed by atoms with E-state index in [0.717, 1.165) is 30.2 Å². The molecule has 1 nitrogen and oxygen atoms in total. The molecule has 2 saturated carbocycles. The molecule has 0 aliphatic heterocycles. The van der Waals surface area contributed by atoms with Gasteiger partial charge in [-0.1, -0.05) is 502 Å². The predicted octanol–water partition coefficient (Wildman–Crippen LogP) is 38.3. The molecule has 724 valence electrons. The number of hydrogen-bond donors (Lipinski definition) is 1. The molecule has 0 radical (unpaired) electrons. The highest BCUT2D eigenvalue weighted by molar-refractivity contribution is 5.89. The quantitative estimate of drug-likeness (QED) is 0.0482. The Kier molecular flexibility index (Phi) is 33.3. The van der Waals surface area contributed by atoms with Crippen LogP contribution in [0.15, 0.2) is 313 Å². The van der Waals surface area contributed by atoms with E-state index in [9.17, 15) is 0 Å². The van der Waals surface area contributed by atoms with Gasteiger partial charge < -0.3 is 5.32 Å². The molecule has 0 amide bonds. The number of allylic oxidation sites excluding steroid dienone is 4. The summed E-state index contributed by atoms with van der Waals surface area (Å²) in [6.07, 6.45) is 45.6. The summed E-state index contributed by atoms with van der Waals surface area (Å²) in [6.45, 7) is 42.0. The standard InChI is InChI=1S/2C29H26.C29H44.C27H34.C24H37N/c1-19-5-11-23(12-6-19)29(24-13-7-20(2)8-14-24)27-17-21(3)9-15-25(27)26-16-10-22(4)18-28(26)29;1-19-7-5-9-23(15-19)29(24-10-6-8-20(2)16-24)27-17-21(3)11-13-25(27)26-14-12-22(4)18-28(26)29;1-5-9-17-25(7-3)23-29(27-19-13-11-14-20-27,28-21-15-12-16-22-28)24-26(8-4)18-10-6-2;1-19-13-15-23-24-16-14-20(2)18-26(24)27(25(23)17-19,21-9-5-3-6-10-21)22-11-7-4-8-12-22;1-5-6-7-8-9-10-15-25-24(4)22-16-18(2)11-13-20(22)21-14-12-19(3)17-23(21)24/h2*5-18H,1-4H3;11-16,19-22,25-26H,5-10,17-18,23-24H2,1-4H3;13-18,21-22H,3-12H2,1-2H3;16-17,25H,5-15H2,1-4H3. The molecule has 0 heterocycles. The van der Waals surface area contributed by atoms with Crippen molar-refractivity contribution in [3.63, 3.8) is 0 Å². The van der Waals surface area contributed by atoms with Crippen molar-refractivity contribution in [1.82, 2.24) is 5.32 Å². The van der Waals surface area contributed by atoms with Gasteiger partial charge in [-0.15, -0.1) is 0 Å². The van der Waals surface area contributed by atoms with E-state index in [0.29, 0.717) is 0 Å².